The zero-order chi connectivity index (χ0) is 12.8. The van der Waals surface area contributed by atoms with E-state index in [0.717, 1.165) is 38.3 Å². The number of nitrogens with two attached hydrogens (primary N) is 1. The SMILES string of the molecule is CCCC(CCN)CCc1nnc2n1CCCC2. The van der Waals surface area contributed by atoms with Gasteiger partial charge in [0.2, 0.25) is 0 Å². The molecule has 2 rings (SSSR count). The van der Waals surface area contributed by atoms with Crippen molar-refractivity contribution in [3.63, 3.8) is 0 Å². The van der Waals surface area contributed by atoms with Crippen LogP contribution >= 0.6 is 0 Å². The van der Waals surface area contributed by atoms with E-state index in [1.165, 1.54) is 43.8 Å². The van der Waals surface area contributed by atoms with Gasteiger partial charge in [0.25, 0.3) is 0 Å². The van der Waals surface area contributed by atoms with Crippen LogP contribution in [-0.2, 0) is 19.4 Å². The average molecular weight is 250 g/mol. The van der Waals surface area contributed by atoms with Crippen molar-refractivity contribution in [2.75, 3.05) is 6.54 Å². The van der Waals surface area contributed by atoms with Gasteiger partial charge in [-0.15, -0.1) is 10.2 Å². The van der Waals surface area contributed by atoms with Crippen molar-refractivity contribution in [1.82, 2.24) is 14.8 Å². The zero-order valence-electron chi connectivity index (χ0n) is 11.6. The Labute approximate surface area is 110 Å². The number of fused-ring (bicyclic) bond motifs is 1. The van der Waals surface area contributed by atoms with E-state index in [2.05, 4.69) is 21.7 Å². The minimum absolute atomic E-state index is 0.761. The highest BCUT2D eigenvalue weighted by Gasteiger charge is 2.16. The van der Waals surface area contributed by atoms with Gasteiger partial charge < -0.3 is 10.3 Å². The second-order valence-electron chi connectivity index (χ2n) is 5.41. The van der Waals surface area contributed by atoms with Crippen LogP contribution in [0.4, 0.5) is 0 Å². The Bertz CT molecular complexity index is 353. The molecule has 2 N–H and O–H groups in total. The molecule has 0 aliphatic carbocycles. The van der Waals surface area contributed by atoms with Crippen LogP contribution in [0.5, 0.6) is 0 Å². The summed E-state index contributed by atoms with van der Waals surface area (Å²) in [4.78, 5) is 0. The van der Waals surface area contributed by atoms with E-state index in [9.17, 15) is 0 Å². The lowest BCUT2D eigenvalue weighted by Gasteiger charge is -2.17. The van der Waals surface area contributed by atoms with Gasteiger partial charge in [0, 0.05) is 19.4 Å². The molecule has 18 heavy (non-hydrogen) atoms. The molecule has 1 aromatic heterocycles. The van der Waals surface area contributed by atoms with Crippen LogP contribution in [0.2, 0.25) is 0 Å². The van der Waals surface area contributed by atoms with E-state index in [-0.39, 0.29) is 0 Å². The summed E-state index contributed by atoms with van der Waals surface area (Å²) in [7, 11) is 0. The first kappa shape index (κ1) is 13.5. The van der Waals surface area contributed by atoms with Crippen LogP contribution in [-0.4, -0.2) is 21.3 Å². The fourth-order valence-electron chi connectivity index (χ4n) is 2.96. The molecular formula is C14H26N4. The molecule has 1 atom stereocenters. The predicted molar refractivity (Wildman–Crippen MR) is 73.4 cm³/mol. The number of hydrogen-bond donors (Lipinski definition) is 1. The fourth-order valence-corrected chi connectivity index (χ4v) is 2.96. The maximum Gasteiger partial charge on any atom is 0.133 e. The third-order valence-electron chi connectivity index (χ3n) is 3.98. The molecule has 1 aliphatic rings. The Balaban J connectivity index is 1.90. The lowest BCUT2D eigenvalue weighted by molar-refractivity contribution is 0.410. The van der Waals surface area contributed by atoms with E-state index in [0.29, 0.717) is 0 Å². The number of aromatic nitrogens is 3. The highest BCUT2D eigenvalue weighted by Crippen LogP contribution is 2.20. The van der Waals surface area contributed by atoms with Gasteiger partial charge in [0.15, 0.2) is 0 Å². The summed E-state index contributed by atoms with van der Waals surface area (Å²) < 4.78 is 2.34. The van der Waals surface area contributed by atoms with Crippen molar-refractivity contribution in [2.45, 2.75) is 64.8 Å². The van der Waals surface area contributed by atoms with Crippen molar-refractivity contribution in [2.24, 2.45) is 11.7 Å². The molecule has 0 amide bonds. The monoisotopic (exact) mass is 250 g/mol. The van der Waals surface area contributed by atoms with Gasteiger partial charge in [0.05, 0.1) is 0 Å². The van der Waals surface area contributed by atoms with Crippen LogP contribution < -0.4 is 5.73 Å². The van der Waals surface area contributed by atoms with Crippen molar-refractivity contribution in [3.05, 3.63) is 11.6 Å². The van der Waals surface area contributed by atoms with Crippen LogP contribution in [0, 0.1) is 5.92 Å². The number of aryl methyl sites for hydroxylation is 2. The molecule has 0 spiro atoms. The number of nitrogens with zero attached hydrogens (tertiary/aromatic N) is 3. The largest absolute Gasteiger partial charge is 0.330 e. The first-order valence-electron chi connectivity index (χ1n) is 7.46. The fraction of sp³-hybridized carbons (Fsp3) is 0.857. The Hall–Kier alpha value is -0.900. The number of rotatable bonds is 7. The van der Waals surface area contributed by atoms with Gasteiger partial charge in [-0.2, -0.15) is 0 Å². The van der Waals surface area contributed by atoms with Gasteiger partial charge in [-0.1, -0.05) is 19.8 Å². The maximum absolute atomic E-state index is 5.69. The van der Waals surface area contributed by atoms with Gasteiger partial charge >= 0.3 is 0 Å². The molecule has 0 saturated heterocycles. The van der Waals surface area contributed by atoms with E-state index >= 15 is 0 Å². The van der Waals surface area contributed by atoms with Crippen molar-refractivity contribution >= 4 is 0 Å². The summed E-state index contributed by atoms with van der Waals surface area (Å²) in [5.41, 5.74) is 5.69. The number of hydrogen-bond acceptors (Lipinski definition) is 3. The topological polar surface area (TPSA) is 56.7 Å². The highest BCUT2D eigenvalue weighted by molar-refractivity contribution is 4.99. The summed E-state index contributed by atoms with van der Waals surface area (Å²) in [5.74, 6) is 3.15. The third kappa shape index (κ3) is 3.31. The van der Waals surface area contributed by atoms with Gasteiger partial charge in [-0.25, -0.2) is 0 Å². The lowest BCUT2D eigenvalue weighted by atomic mass is 9.94. The molecule has 0 fully saturated rings. The van der Waals surface area contributed by atoms with Crippen molar-refractivity contribution < 1.29 is 0 Å². The van der Waals surface area contributed by atoms with E-state index in [1.807, 2.05) is 0 Å². The zero-order valence-corrected chi connectivity index (χ0v) is 11.6. The Morgan fingerprint density at radius 3 is 2.89 bits per heavy atom. The first-order valence-corrected chi connectivity index (χ1v) is 7.46. The van der Waals surface area contributed by atoms with Crippen molar-refractivity contribution in [3.8, 4) is 0 Å². The van der Waals surface area contributed by atoms with Crippen molar-refractivity contribution in [1.29, 1.82) is 0 Å². The second-order valence-corrected chi connectivity index (χ2v) is 5.41. The normalized spacial score (nSPS) is 16.6. The minimum atomic E-state index is 0.761. The first-order chi connectivity index (χ1) is 8.85. The Kier molecular flexibility index (Phi) is 5.17. The summed E-state index contributed by atoms with van der Waals surface area (Å²) in [5, 5.41) is 8.69. The molecule has 0 aromatic carbocycles. The molecule has 1 unspecified atom stereocenters. The molecule has 102 valence electrons. The van der Waals surface area contributed by atoms with E-state index in [1.54, 1.807) is 0 Å². The predicted octanol–water partition coefficient (Wildman–Crippen LogP) is 2.31. The van der Waals surface area contributed by atoms with Crippen LogP contribution in [0.15, 0.2) is 0 Å². The molecule has 1 aromatic rings. The highest BCUT2D eigenvalue weighted by atomic mass is 15.3. The second kappa shape index (κ2) is 6.88. The smallest absolute Gasteiger partial charge is 0.133 e. The van der Waals surface area contributed by atoms with Gasteiger partial charge in [0.1, 0.15) is 11.6 Å². The minimum Gasteiger partial charge on any atom is -0.330 e. The molecule has 2 heterocycles. The van der Waals surface area contributed by atoms with Gasteiger partial charge in [-0.3, -0.25) is 0 Å². The van der Waals surface area contributed by atoms with Crippen LogP contribution in [0.1, 0.15) is 57.1 Å². The Morgan fingerprint density at radius 2 is 2.11 bits per heavy atom. The average Bonchev–Trinajstić information content (AvgIpc) is 2.80. The van der Waals surface area contributed by atoms with E-state index < -0.39 is 0 Å². The molecule has 0 radical (unpaired) electrons. The summed E-state index contributed by atoms with van der Waals surface area (Å²) in [6, 6.07) is 0. The van der Waals surface area contributed by atoms with Gasteiger partial charge in [-0.05, 0) is 38.1 Å². The van der Waals surface area contributed by atoms with E-state index in [4.69, 9.17) is 5.73 Å². The molecule has 1 aliphatic heterocycles. The quantitative estimate of drug-likeness (QED) is 0.808. The third-order valence-corrected chi connectivity index (χ3v) is 3.98. The summed E-state index contributed by atoms with van der Waals surface area (Å²) in [6.45, 7) is 4.18. The molecule has 0 bridgehead atoms. The molecule has 0 saturated carbocycles. The summed E-state index contributed by atoms with van der Waals surface area (Å²) in [6.07, 6.45) is 9.62. The molecule has 4 heteroatoms. The maximum atomic E-state index is 5.69. The van der Waals surface area contributed by atoms with Crippen LogP contribution in [0.25, 0.3) is 0 Å². The Morgan fingerprint density at radius 1 is 1.22 bits per heavy atom. The van der Waals surface area contributed by atoms with Crippen LogP contribution in [0.3, 0.4) is 0 Å². The molecular weight excluding hydrogens is 224 g/mol. The summed E-state index contributed by atoms with van der Waals surface area (Å²) >= 11 is 0. The standard InChI is InChI=1S/C14H26N4/c1-2-5-12(9-10-15)7-8-14-17-16-13-6-3-4-11-18(13)14/h12H,2-11,15H2,1H3. The lowest BCUT2D eigenvalue weighted by Crippen LogP contribution is -2.15. The molecule has 4 nitrogen and oxygen atoms in total.